The molecule has 4 aliphatic rings. The van der Waals surface area contributed by atoms with Gasteiger partial charge in [0.25, 0.3) is 5.91 Å². The molecule has 0 radical (unpaired) electrons. The van der Waals surface area contributed by atoms with Crippen LogP contribution in [-0.4, -0.2) is 16.7 Å². The van der Waals surface area contributed by atoms with Crippen LogP contribution in [0.5, 0.6) is 0 Å². The molecular formula is C31H32F3N3O. The monoisotopic (exact) mass is 519 g/mol. The third-order valence-corrected chi connectivity index (χ3v) is 9.07. The number of nitrogens with zero attached hydrogens (tertiary/aromatic N) is 2. The van der Waals surface area contributed by atoms with Crippen molar-refractivity contribution < 1.29 is 18.0 Å². The lowest BCUT2D eigenvalue weighted by Crippen LogP contribution is -2.48. The lowest BCUT2D eigenvalue weighted by Gasteiger charge is -2.57. The first-order chi connectivity index (χ1) is 18.1. The number of carbonyl (C=O) groups excluding carboxylic acids is 1. The van der Waals surface area contributed by atoms with E-state index >= 15 is 0 Å². The zero-order chi connectivity index (χ0) is 26.7. The fraction of sp³-hybridized carbons (Fsp3) is 0.419. The summed E-state index contributed by atoms with van der Waals surface area (Å²) in [5.41, 5.74) is 7.16. The molecule has 4 fully saturated rings. The number of rotatable bonds is 5. The number of nitrogens with one attached hydrogen (secondary N) is 1. The Kier molecular flexibility index (Phi) is 6.00. The fourth-order valence-corrected chi connectivity index (χ4v) is 7.81. The maximum Gasteiger partial charge on any atom is 0.416 e. The molecule has 0 aliphatic heterocycles. The molecule has 1 heterocycles. The van der Waals surface area contributed by atoms with Crippen molar-refractivity contribution >= 4 is 12.1 Å². The normalized spacial score (nSPS) is 26.3. The van der Waals surface area contributed by atoms with Crippen molar-refractivity contribution in [1.82, 2.24) is 9.99 Å². The van der Waals surface area contributed by atoms with E-state index in [4.69, 9.17) is 0 Å². The molecule has 4 aliphatic carbocycles. The molecule has 198 valence electrons. The molecule has 7 rings (SSSR count). The first-order valence-electron chi connectivity index (χ1n) is 13.4. The van der Waals surface area contributed by atoms with E-state index in [-0.39, 0.29) is 5.56 Å². The van der Waals surface area contributed by atoms with E-state index in [1.807, 2.05) is 19.9 Å². The van der Waals surface area contributed by atoms with Gasteiger partial charge in [0, 0.05) is 28.2 Å². The van der Waals surface area contributed by atoms with Gasteiger partial charge in [0.2, 0.25) is 0 Å². The van der Waals surface area contributed by atoms with E-state index in [2.05, 4.69) is 39.4 Å². The van der Waals surface area contributed by atoms with Crippen LogP contribution < -0.4 is 5.43 Å². The predicted molar refractivity (Wildman–Crippen MR) is 142 cm³/mol. The molecule has 38 heavy (non-hydrogen) atoms. The van der Waals surface area contributed by atoms with E-state index in [0.29, 0.717) is 5.41 Å². The van der Waals surface area contributed by atoms with Crippen LogP contribution in [-0.2, 0) is 11.6 Å². The summed E-state index contributed by atoms with van der Waals surface area (Å²) in [6, 6.07) is 15.4. The number of hydrazone groups is 1. The van der Waals surface area contributed by atoms with Crippen LogP contribution in [0.15, 0.2) is 59.7 Å². The summed E-state index contributed by atoms with van der Waals surface area (Å²) in [6.45, 7) is 4.02. The molecule has 0 atom stereocenters. The predicted octanol–water partition coefficient (Wildman–Crippen LogP) is 7.34. The second kappa shape index (κ2) is 9.14. The fourth-order valence-electron chi connectivity index (χ4n) is 7.81. The number of benzene rings is 2. The zero-order valence-corrected chi connectivity index (χ0v) is 21.7. The summed E-state index contributed by atoms with van der Waals surface area (Å²) in [7, 11) is 0. The minimum Gasteiger partial charge on any atom is -0.318 e. The minimum atomic E-state index is -4.51. The molecule has 1 N–H and O–H groups in total. The lowest BCUT2D eigenvalue weighted by atomic mass is 9.48. The van der Waals surface area contributed by atoms with Crippen molar-refractivity contribution in [2.45, 2.75) is 64.0 Å². The quantitative estimate of drug-likeness (QED) is 0.278. The van der Waals surface area contributed by atoms with Gasteiger partial charge in [-0.15, -0.1) is 0 Å². The molecule has 4 saturated carbocycles. The Balaban J connectivity index is 1.17. The Labute approximate surface area is 220 Å². The molecular weight excluding hydrogens is 487 g/mol. The van der Waals surface area contributed by atoms with E-state index in [1.165, 1.54) is 62.4 Å². The van der Waals surface area contributed by atoms with E-state index in [9.17, 15) is 18.0 Å². The highest BCUT2D eigenvalue weighted by Crippen LogP contribution is 2.60. The van der Waals surface area contributed by atoms with Crippen LogP contribution in [0.2, 0.25) is 0 Å². The Hall–Kier alpha value is -3.35. The Morgan fingerprint density at radius 2 is 1.61 bits per heavy atom. The molecule has 0 spiro atoms. The number of hydrogen-bond acceptors (Lipinski definition) is 2. The highest BCUT2D eigenvalue weighted by Gasteiger charge is 2.51. The second-order valence-electron chi connectivity index (χ2n) is 11.7. The topological polar surface area (TPSA) is 46.4 Å². The third kappa shape index (κ3) is 4.46. The number of halogens is 3. The van der Waals surface area contributed by atoms with Crippen LogP contribution in [0, 0.1) is 31.6 Å². The van der Waals surface area contributed by atoms with Gasteiger partial charge in [0.1, 0.15) is 0 Å². The SMILES string of the molecule is Cc1cc(C=NNC(=O)c2cccc(C(F)(F)F)c2)c(C)n1-c1ccc(C23CC4CC(CC(C4)C2)C3)cc1. The maximum atomic E-state index is 13.0. The van der Waals surface area contributed by atoms with Crippen molar-refractivity contribution in [3.63, 3.8) is 0 Å². The molecule has 7 heteroatoms. The van der Waals surface area contributed by atoms with Crippen molar-refractivity contribution in [2.75, 3.05) is 0 Å². The van der Waals surface area contributed by atoms with Gasteiger partial charge in [-0.25, -0.2) is 5.43 Å². The first kappa shape index (κ1) is 25.0. The highest BCUT2D eigenvalue weighted by atomic mass is 19.4. The molecule has 4 bridgehead atoms. The van der Waals surface area contributed by atoms with Gasteiger partial charge in [-0.2, -0.15) is 18.3 Å². The second-order valence-corrected chi connectivity index (χ2v) is 11.7. The van der Waals surface area contributed by atoms with Gasteiger partial charge in [0.15, 0.2) is 0 Å². The Bertz CT molecular complexity index is 1370. The van der Waals surface area contributed by atoms with E-state index in [1.54, 1.807) is 0 Å². The molecule has 0 saturated heterocycles. The van der Waals surface area contributed by atoms with Crippen molar-refractivity contribution in [3.05, 3.63) is 88.2 Å². The van der Waals surface area contributed by atoms with Crippen LogP contribution in [0.3, 0.4) is 0 Å². The average molecular weight is 520 g/mol. The molecule has 2 aromatic carbocycles. The third-order valence-electron chi connectivity index (χ3n) is 9.07. The Morgan fingerprint density at radius 1 is 0.974 bits per heavy atom. The lowest BCUT2D eigenvalue weighted by molar-refractivity contribution is -0.137. The van der Waals surface area contributed by atoms with Gasteiger partial charge in [-0.3, -0.25) is 4.79 Å². The number of carbonyl (C=O) groups is 1. The summed E-state index contributed by atoms with van der Waals surface area (Å²) >= 11 is 0. The summed E-state index contributed by atoms with van der Waals surface area (Å²) in [5.74, 6) is 2.03. The molecule has 4 nitrogen and oxygen atoms in total. The standard InChI is InChI=1S/C31H32F3N3O/c1-19-10-25(18-35-36-29(38)24-4-3-5-27(14-24)31(32,33)34)20(2)37(19)28-8-6-26(7-9-28)30-15-21-11-22(16-30)13-23(12-21)17-30/h3-10,14,18,21-23H,11-13,15-17H2,1-2H3,(H,36,38). The van der Waals surface area contributed by atoms with Crippen molar-refractivity contribution in [1.29, 1.82) is 0 Å². The summed E-state index contributed by atoms with van der Waals surface area (Å²) in [6.07, 6.45) is 5.35. The van der Waals surface area contributed by atoms with Crippen LogP contribution in [0.25, 0.3) is 5.69 Å². The maximum absolute atomic E-state index is 13.0. The number of hydrogen-bond donors (Lipinski definition) is 1. The highest BCUT2D eigenvalue weighted by molar-refractivity contribution is 5.95. The summed E-state index contributed by atoms with van der Waals surface area (Å²) in [5, 5.41) is 4.02. The number of aryl methyl sites for hydroxylation is 1. The average Bonchev–Trinajstić information content (AvgIpc) is 3.15. The largest absolute Gasteiger partial charge is 0.416 e. The number of alkyl halides is 3. The van der Waals surface area contributed by atoms with Gasteiger partial charge in [-0.1, -0.05) is 18.2 Å². The summed E-state index contributed by atoms with van der Waals surface area (Å²) in [4.78, 5) is 12.4. The van der Waals surface area contributed by atoms with Crippen molar-refractivity contribution in [3.8, 4) is 5.69 Å². The van der Waals surface area contributed by atoms with Gasteiger partial charge < -0.3 is 4.57 Å². The van der Waals surface area contributed by atoms with E-state index < -0.39 is 17.6 Å². The van der Waals surface area contributed by atoms with Crippen LogP contribution >= 0.6 is 0 Å². The van der Waals surface area contributed by atoms with Gasteiger partial charge in [-0.05, 0) is 118 Å². The molecule has 0 unspecified atom stereocenters. The number of amides is 1. The van der Waals surface area contributed by atoms with Crippen LogP contribution in [0.4, 0.5) is 13.2 Å². The smallest absolute Gasteiger partial charge is 0.318 e. The molecule has 3 aromatic rings. The van der Waals surface area contributed by atoms with Crippen LogP contribution in [0.1, 0.15) is 77.0 Å². The van der Waals surface area contributed by atoms with Crippen molar-refractivity contribution in [2.24, 2.45) is 22.9 Å². The molecule has 1 aromatic heterocycles. The minimum absolute atomic E-state index is 0.0958. The van der Waals surface area contributed by atoms with E-state index in [0.717, 1.165) is 52.5 Å². The van der Waals surface area contributed by atoms with Gasteiger partial charge >= 0.3 is 6.18 Å². The number of aromatic nitrogens is 1. The summed E-state index contributed by atoms with van der Waals surface area (Å²) < 4.78 is 41.0. The molecule has 1 amide bonds. The first-order valence-corrected chi connectivity index (χ1v) is 13.4. The van der Waals surface area contributed by atoms with Gasteiger partial charge in [0.05, 0.1) is 11.8 Å². The zero-order valence-electron chi connectivity index (χ0n) is 21.7. The Morgan fingerprint density at radius 3 is 2.21 bits per heavy atom.